The van der Waals surface area contributed by atoms with E-state index in [1.807, 2.05) is 18.7 Å². The highest BCUT2D eigenvalue weighted by atomic mass is 32.2. The third kappa shape index (κ3) is 5.39. The summed E-state index contributed by atoms with van der Waals surface area (Å²) in [7, 11) is 0. The molecule has 1 aromatic rings. The van der Waals surface area contributed by atoms with E-state index in [1.54, 1.807) is 6.07 Å². The zero-order valence-corrected chi connectivity index (χ0v) is 12.1. The highest BCUT2D eigenvalue weighted by Gasteiger charge is 2.10. The summed E-state index contributed by atoms with van der Waals surface area (Å²) < 4.78 is 0. The van der Waals surface area contributed by atoms with Gasteiger partial charge in [0.05, 0.1) is 0 Å². The summed E-state index contributed by atoms with van der Waals surface area (Å²) in [6.45, 7) is 3.82. The van der Waals surface area contributed by atoms with Gasteiger partial charge in [0.1, 0.15) is 4.88 Å². The SMILES string of the molecule is Cc1sc(C(=O)O)cc1CNCCSCCCO. The standard InChI is InChI=1S/C12H19NO3S2/c1-9-10(7-11(18-9)12(15)16)8-13-3-6-17-5-2-4-14/h7,13-14H,2-6,8H2,1H3,(H,15,16). The summed E-state index contributed by atoms with van der Waals surface area (Å²) in [5.74, 6) is 1.14. The predicted molar refractivity (Wildman–Crippen MR) is 76.7 cm³/mol. The van der Waals surface area contributed by atoms with Gasteiger partial charge in [-0.1, -0.05) is 0 Å². The molecule has 0 saturated carbocycles. The molecule has 1 rings (SSSR count). The first-order chi connectivity index (χ1) is 8.65. The zero-order chi connectivity index (χ0) is 13.4. The van der Waals surface area contributed by atoms with Crippen molar-refractivity contribution in [3.8, 4) is 0 Å². The van der Waals surface area contributed by atoms with Crippen LogP contribution in [0.15, 0.2) is 6.07 Å². The van der Waals surface area contributed by atoms with E-state index in [2.05, 4.69) is 5.32 Å². The first-order valence-electron chi connectivity index (χ1n) is 5.87. The molecule has 1 heterocycles. The Bertz CT molecular complexity index is 379. The van der Waals surface area contributed by atoms with Gasteiger partial charge in [-0.3, -0.25) is 0 Å². The fourth-order valence-electron chi connectivity index (χ4n) is 1.44. The highest BCUT2D eigenvalue weighted by Crippen LogP contribution is 2.21. The average molecular weight is 289 g/mol. The summed E-state index contributed by atoms with van der Waals surface area (Å²) >= 11 is 3.14. The Labute approximate surface area is 115 Å². The van der Waals surface area contributed by atoms with E-state index in [9.17, 15) is 4.79 Å². The number of aliphatic hydroxyl groups excluding tert-OH is 1. The van der Waals surface area contributed by atoms with Gasteiger partial charge in [-0.2, -0.15) is 11.8 Å². The van der Waals surface area contributed by atoms with Gasteiger partial charge in [-0.25, -0.2) is 4.79 Å². The van der Waals surface area contributed by atoms with Crippen molar-refractivity contribution in [1.29, 1.82) is 0 Å². The van der Waals surface area contributed by atoms with Gasteiger partial charge < -0.3 is 15.5 Å². The maximum atomic E-state index is 10.8. The number of thioether (sulfide) groups is 1. The smallest absolute Gasteiger partial charge is 0.345 e. The molecule has 0 atom stereocenters. The molecule has 18 heavy (non-hydrogen) atoms. The monoisotopic (exact) mass is 289 g/mol. The maximum Gasteiger partial charge on any atom is 0.345 e. The van der Waals surface area contributed by atoms with Crippen molar-refractivity contribution in [3.05, 3.63) is 21.4 Å². The van der Waals surface area contributed by atoms with Gasteiger partial charge in [0.15, 0.2) is 0 Å². The second kappa shape index (κ2) is 8.53. The Balaban J connectivity index is 2.21. The van der Waals surface area contributed by atoms with E-state index in [-0.39, 0.29) is 6.61 Å². The van der Waals surface area contributed by atoms with E-state index in [0.29, 0.717) is 4.88 Å². The van der Waals surface area contributed by atoms with Crippen LogP contribution in [0.2, 0.25) is 0 Å². The molecule has 0 aromatic carbocycles. The van der Waals surface area contributed by atoms with E-state index < -0.39 is 5.97 Å². The molecule has 0 aliphatic heterocycles. The predicted octanol–water partition coefficient (Wildman–Crippen LogP) is 1.96. The Morgan fingerprint density at radius 2 is 2.28 bits per heavy atom. The Hall–Kier alpha value is -0.560. The van der Waals surface area contributed by atoms with Gasteiger partial charge in [-0.05, 0) is 30.7 Å². The van der Waals surface area contributed by atoms with E-state index in [0.717, 1.165) is 41.5 Å². The van der Waals surface area contributed by atoms with Crippen LogP contribution in [0.4, 0.5) is 0 Å². The third-order valence-electron chi connectivity index (χ3n) is 2.42. The van der Waals surface area contributed by atoms with Crippen LogP contribution >= 0.6 is 23.1 Å². The van der Waals surface area contributed by atoms with Crippen LogP contribution in [0.3, 0.4) is 0 Å². The minimum absolute atomic E-state index is 0.256. The number of aliphatic hydroxyl groups is 1. The summed E-state index contributed by atoms with van der Waals surface area (Å²) in [4.78, 5) is 12.3. The molecule has 6 heteroatoms. The number of rotatable bonds is 9. The summed E-state index contributed by atoms with van der Waals surface area (Å²) in [6, 6.07) is 1.74. The number of thiophene rings is 1. The minimum atomic E-state index is -0.853. The van der Waals surface area contributed by atoms with Crippen molar-refractivity contribution in [2.24, 2.45) is 0 Å². The molecule has 0 saturated heterocycles. The molecule has 0 amide bonds. The number of nitrogens with one attached hydrogen (secondary N) is 1. The minimum Gasteiger partial charge on any atom is -0.477 e. The number of hydrogen-bond acceptors (Lipinski definition) is 5. The van der Waals surface area contributed by atoms with Crippen molar-refractivity contribution in [1.82, 2.24) is 5.32 Å². The van der Waals surface area contributed by atoms with Crippen molar-refractivity contribution < 1.29 is 15.0 Å². The van der Waals surface area contributed by atoms with Crippen LogP contribution in [-0.2, 0) is 6.54 Å². The van der Waals surface area contributed by atoms with Crippen molar-refractivity contribution in [2.45, 2.75) is 19.9 Å². The number of carboxylic acids is 1. The van der Waals surface area contributed by atoms with Gasteiger partial charge in [0.25, 0.3) is 0 Å². The number of hydrogen-bond donors (Lipinski definition) is 3. The summed E-state index contributed by atoms with van der Waals surface area (Å²) in [6.07, 6.45) is 0.844. The number of aromatic carboxylic acids is 1. The zero-order valence-electron chi connectivity index (χ0n) is 10.4. The van der Waals surface area contributed by atoms with Gasteiger partial charge >= 0.3 is 5.97 Å². The van der Waals surface area contributed by atoms with Crippen molar-refractivity contribution >= 4 is 29.1 Å². The molecule has 1 aromatic heterocycles. The normalized spacial score (nSPS) is 10.8. The summed E-state index contributed by atoms with van der Waals surface area (Å²) in [5.41, 5.74) is 1.07. The van der Waals surface area contributed by atoms with E-state index in [4.69, 9.17) is 10.2 Å². The average Bonchev–Trinajstić information content (AvgIpc) is 2.70. The lowest BCUT2D eigenvalue weighted by molar-refractivity contribution is 0.0702. The molecule has 0 aliphatic carbocycles. The molecule has 0 fully saturated rings. The molecule has 0 spiro atoms. The second-order valence-corrected chi connectivity index (χ2v) is 6.34. The van der Waals surface area contributed by atoms with Crippen LogP contribution in [0.25, 0.3) is 0 Å². The van der Waals surface area contributed by atoms with Crippen LogP contribution in [-0.4, -0.2) is 40.8 Å². The van der Waals surface area contributed by atoms with E-state index >= 15 is 0 Å². The lowest BCUT2D eigenvalue weighted by atomic mass is 10.2. The second-order valence-electron chi connectivity index (χ2n) is 3.86. The first kappa shape index (κ1) is 15.5. The fourth-order valence-corrected chi connectivity index (χ4v) is 3.14. The lowest BCUT2D eigenvalue weighted by Crippen LogP contribution is -2.16. The molecule has 0 aliphatic rings. The Kier molecular flexibility index (Phi) is 7.34. The number of carboxylic acid groups (broad SMARTS) is 1. The molecule has 102 valence electrons. The van der Waals surface area contributed by atoms with Crippen LogP contribution in [0, 0.1) is 6.92 Å². The topological polar surface area (TPSA) is 69.6 Å². The molecular formula is C12H19NO3S2. The Morgan fingerprint density at radius 1 is 1.50 bits per heavy atom. The van der Waals surface area contributed by atoms with Gasteiger partial charge in [0, 0.05) is 30.3 Å². The Morgan fingerprint density at radius 3 is 2.89 bits per heavy atom. The highest BCUT2D eigenvalue weighted by molar-refractivity contribution is 7.99. The quantitative estimate of drug-likeness (QED) is 0.606. The van der Waals surface area contributed by atoms with Gasteiger partial charge in [0.2, 0.25) is 0 Å². The number of aryl methyl sites for hydroxylation is 1. The van der Waals surface area contributed by atoms with Crippen molar-refractivity contribution in [3.63, 3.8) is 0 Å². The molecule has 4 nitrogen and oxygen atoms in total. The van der Waals surface area contributed by atoms with Crippen LogP contribution < -0.4 is 5.32 Å². The molecule has 0 radical (unpaired) electrons. The summed E-state index contributed by atoms with van der Waals surface area (Å²) in [5, 5.41) is 20.8. The fraction of sp³-hybridized carbons (Fsp3) is 0.583. The van der Waals surface area contributed by atoms with Crippen molar-refractivity contribution in [2.75, 3.05) is 24.7 Å². The van der Waals surface area contributed by atoms with Crippen LogP contribution in [0.1, 0.15) is 26.5 Å². The molecule has 0 unspecified atom stereocenters. The van der Waals surface area contributed by atoms with Gasteiger partial charge in [-0.15, -0.1) is 11.3 Å². The molecular weight excluding hydrogens is 270 g/mol. The maximum absolute atomic E-state index is 10.8. The largest absolute Gasteiger partial charge is 0.477 e. The first-order valence-corrected chi connectivity index (χ1v) is 7.84. The molecule has 0 bridgehead atoms. The van der Waals surface area contributed by atoms with Crippen LogP contribution in [0.5, 0.6) is 0 Å². The number of carbonyl (C=O) groups is 1. The lowest BCUT2D eigenvalue weighted by Gasteiger charge is -2.04. The molecule has 3 N–H and O–H groups in total. The van der Waals surface area contributed by atoms with E-state index in [1.165, 1.54) is 11.3 Å². The third-order valence-corrected chi connectivity index (χ3v) is 4.57.